The Kier molecular flexibility index (Phi) is 15.2. The van der Waals surface area contributed by atoms with Gasteiger partial charge in [-0.3, -0.25) is 14.4 Å². The molecule has 0 aliphatic carbocycles. The van der Waals surface area contributed by atoms with Gasteiger partial charge < -0.3 is 93.4 Å². The number of aliphatic hydroxyl groups excluding tert-OH is 8. The fourth-order valence-corrected chi connectivity index (χ4v) is 7.40. The second kappa shape index (κ2) is 20.1. The third kappa shape index (κ3) is 10.1. The SMILES string of the molecule is CC(=O)OC[C@H]1O[C@@H](O[C@H]2[C@@H](O)[C@H](Oc3c(-c4ccc(O)cc4)oc4c(CC=C(C)C)c(O[C@@H]5O[C@H](CO)[C@@H](O)[C@H](O)[C@H]5O)cc(O)c4c3=O)O[C@@H](C)[C@@H]2OC(C)=O)[C@H](O)[C@@H](O)[C@@H]1O. The van der Waals surface area contributed by atoms with Crippen LogP contribution in [0.4, 0.5) is 0 Å². The number of rotatable bonds is 13. The number of carbonyl (C=O) groups is 2. The lowest BCUT2D eigenvalue weighted by atomic mass is 9.97. The Bertz CT molecular complexity index is 2220. The predicted octanol–water partition coefficient (Wildman–Crippen LogP) is -1.27. The van der Waals surface area contributed by atoms with Crippen LogP contribution in [0, 0.1) is 0 Å². The van der Waals surface area contributed by atoms with Crippen molar-refractivity contribution in [2.75, 3.05) is 13.2 Å². The van der Waals surface area contributed by atoms with Crippen molar-refractivity contribution < 1.29 is 103 Å². The summed E-state index contributed by atoms with van der Waals surface area (Å²) < 4.78 is 51.9. The summed E-state index contributed by atoms with van der Waals surface area (Å²) in [4.78, 5) is 38.5. The van der Waals surface area contributed by atoms with E-state index in [4.69, 9.17) is 42.3 Å². The highest BCUT2D eigenvalue weighted by Gasteiger charge is 2.53. The number of hydrogen-bond donors (Lipinski definition) is 10. The number of allylic oxidation sites excluding steroid dienone is 2. The molecule has 15 atom stereocenters. The van der Waals surface area contributed by atoms with Crippen molar-refractivity contribution in [1.29, 1.82) is 0 Å². The second-order valence-electron chi connectivity index (χ2n) is 15.8. The monoisotopic (exact) mass is 908 g/mol. The maximum Gasteiger partial charge on any atom is 0.303 e. The van der Waals surface area contributed by atoms with Crippen LogP contribution in [-0.2, 0) is 44.4 Å². The van der Waals surface area contributed by atoms with E-state index >= 15 is 0 Å². The molecule has 22 heteroatoms. The lowest BCUT2D eigenvalue weighted by molar-refractivity contribution is -0.351. The Morgan fingerprint density at radius 2 is 1.34 bits per heavy atom. The minimum Gasteiger partial charge on any atom is -0.508 e. The number of phenols is 2. The smallest absolute Gasteiger partial charge is 0.303 e. The molecule has 3 fully saturated rings. The molecule has 2 aromatic carbocycles. The number of phenolic OH excluding ortho intramolecular Hbond substituents is 2. The average Bonchev–Trinajstić information content (AvgIpc) is 3.24. The van der Waals surface area contributed by atoms with Crippen LogP contribution in [-0.4, -0.2) is 168 Å². The molecule has 10 N–H and O–H groups in total. The standard InChI is InChI=1S/C42H52O22/c1-15(2)6-11-21-23(59-40-32(53)30(51)27(48)24(13-43)60-40)12-22(47)26-29(50)38(36(62-37(21)26)19-7-9-20(46)10-8-19)63-42-34(55)39(35(16(3)57-42)58-18(5)45)64-41-33(54)31(52)28(49)25(61-41)14-56-17(4)44/h6-10,12,16,24-25,27-28,30-35,39-43,46-49,51-55H,11,13-14H2,1-5H3/t16-,24+,25+,27+,28+,30-,31-,32+,33+,34+,35-,39-,40+,41-,42-/m0/s1. The predicted molar refractivity (Wildman–Crippen MR) is 213 cm³/mol. The Hall–Kier alpha value is -4.95. The molecular formula is C42H52O22. The summed E-state index contributed by atoms with van der Waals surface area (Å²) in [5.74, 6) is -3.76. The van der Waals surface area contributed by atoms with Gasteiger partial charge >= 0.3 is 11.9 Å². The molecule has 6 rings (SSSR count). The van der Waals surface area contributed by atoms with Crippen molar-refractivity contribution in [1.82, 2.24) is 0 Å². The molecule has 0 saturated carbocycles. The highest BCUT2D eigenvalue weighted by Crippen LogP contribution is 2.42. The minimum absolute atomic E-state index is 0.0366. The molecule has 352 valence electrons. The highest BCUT2D eigenvalue weighted by atomic mass is 16.7. The molecule has 0 amide bonds. The largest absolute Gasteiger partial charge is 0.508 e. The van der Waals surface area contributed by atoms with Gasteiger partial charge in [0.05, 0.1) is 12.7 Å². The molecule has 3 aliphatic rings. The molecule has 0 radical (unpaired) electrons. The lowest BCUT2D eigenvalue weighted by Crippen LogP contribution is -2.65. The van der Waals surface area contributed by atoms with Crippen molar-refractivity contribution in [3.05, 3.63) is 57.8 Å². The number of aliphatic hydroxyl groups is 8. The van der Waals surface area contributed by atoms with Crippen molar-refractivity contribution in [3.8, 4) is 34.3 Å². The fourth-order valence-electron chi connectivity index (χ4n) is 7.40. The third-order valence-corrected chi connectivity index (χ3v) is 10.8. The van der Waals surface area contributed by atoms with Crippen LogP contribution in [0.2, 0.25) is 0 Å². The molecular weight excluding hydrogens is 856 g/mol. The van der Waals surface area contributed by atoms with E-state index in [1.165, 1.54) is 31.2 Å². The van der Waals surface area contributed by atoms with Crippen LogP contribution >= 0.6 is 0 Å². The highest BCUT2D eigenvalue weighted by molar-refractivity contribution is 5.91. The summed E-state index contributed by atoms with van der Waals surface area (Å²) >= 11 is 0. The van der Waals surface area contributed by atoms with E-state index in [-0.39, 0.29) is 40.4 Å². The Labute approximate surface area is 363 Å². The number of benzene rings is 2. The van der Waals surface area contributed by atoms with Crippen LogP contribution < -0.4 is 14.9 Å². The zero-order valence-electron chi connectivity index (χ0n) is 35.1. The second-order valence-corrected chi connectivity index (χ2v) is 15.8. The van der Waals surface area contributed by atoms with Crippen LogP contribution in [0.25, 0.3) is 22.3 Å². The van der Waals surface area contributed by atoms with E-state index in [1.54, 1.807) is 19.9 Å². The van der Waals surface area contributed by atoms with Crippen molar-refractivity contribution in [3.63, 3.8) is 0 Å². The number of fused-ring (bicyclic) bond motifs is 1. The van der Waals surface area contributed by atoms with E-state index < -0.39 is 140 Å². The minimum atomic E-state index is -2.04. The number of ether oxygens (including phenoxy) is 8. The van der Waals surface area contributed by atoms with E-state index in [0.29, 0.717) is 0 Å². The quantitative estimate of drug-likeness (QED) is 0.0706. The summed E-state index contributed by atoms with van der Waals surface area (Å²) in [5, 5.41) is 106. The number of carbonyl (C=O) groups excluding carboxylic acids is 2. The zero-order valence-corrected chi connectivity index (χ0v) is 35.1. The van der Waals surface area contributed by atoms with Gasteiger partial charge in [0.15, 0.2) is 18.2 Å². The molecule has 64 heavy (non-hydrogen) atoms. The van der Waals surface area contributed by atoms with Crippen LogP contribution in [0.5, 0.6) is 23.0 Å². The third-order valence-electron chi connectivity index (χ3n) is 10.8. The van der Waals surface area contributed by atoms with Gasteiger partial charge in [0.1, 0.15) is 95.9 Å². The first-order valence-corrected chi connectivity index (χ1v) is 20.1. The van der Waals surface area contributed by atoms with Crippen LogP contribution in [0.15, 0.2) is 51.2 Å². The van der Waals surface area contributed by atoms with E-state index in [2.05, 4.69) is 0 Å². The lowest BCUT2D eigenvalue weighted by Gasteiger charge is -2.46. The number of aromatic hydroxyl groups is 2. The molecule has 22 nitrogen and oxygen atoms in total. The molecule has 3 aromatic rings. The first-order valence-electron chi connectivity index (χ1n) is 20.1. The van der Waals surface area contributed by atoms with Gasteiger partial charge in [-0.25, -0.2) is 0 Å². The Morgan fingerprint density at radius 1 is 0.734 bits per heavy atom. The fraction of sp³-hybridized carbons (Fsp3) is 0.548. The van der Waals surface area contributed by atoms with Crippen LogP contribution in [0.1, 0.15) is 40.2 Å². The molecule has 3 saturated heterocycles. The van der Waals surface area contributed by atoms with Gasteiger partial charge in [-0.2, -0.15) is 0 Å². The van der Waals surface area contributed by atoms with Crippen molar-refractivity contribution >= 4 is 22.9 Å². The van der Waals surface area contributed by atoms with Gasteiger partial charge in [0.25, 0.3) is 0 Å². The molecule has 1 aromatic heterocycles. The van der Waals surface area contributed by atoms with Crippen molar-refractivity contribution in [2.24, 2.45) is 0 Å². The molecule has 0 bridgehead atoms. The number of esters is 2. The maximum atomic E-state index is 14.8. The summed E-state index contributed by atoms with van der Waals surface area (Å²) in [5.41, 5.74) is -0.327. The zero-order chi connectivity index (χ0) is 46.9. The molecule has 0 unspecified atom stereocenters. The van der Waals surface area contributed by atoms with Gasteiger partial charge in [0, 0.05) is 31.0 Å². The first-order chi connectivity index (χ1) is 30.2. The topological polar surface area (TPSA) is 340 Å². The molecule has 3 aliphatic heterocycles. The van der Waals surface area contributed by atoms with Gasteiger partial charge in [-0.15, -0.1) is 0 Å². The van der Waals surface area contributed by atoms with Gasteiger partial charge in [-0.05, 0) is 51.5 Å². The normalized spacial score (nSPS) is 33.0. The molecule has 0 spiro atoms. The van der Waals surface area contributed by atoms with E-state index in [9.17, 15) is 65.4 Å². The maximum absolute atomic E-state index is 14.8. The Morgan fingerprint density at radius 3 is 1.95 bits per heavy atom. The number of hydrogen-bond acceptors (Lipinski definition) is 22. The summed E-state index contributed by atoms with van der Waals surface area (Å²) in [7, 11) is 0. The van der Waals surface area contributed by atoms with Gasteiger partial charge in [-0.1, -0.05) is 11.6 Å². The summed E-state index contributed by atoms with van der Waals surface area (Å²) in [6.45, 7) is 5.76. The molecule has 4 heterocycles. The van der Waals surface area contributed by atoms with Gasteiger partial charge in [0.2, 0.25) is 23.8 Å². The first kappa shape index (κ1) is 48.5. The van der Waals surface area contributed by atoms with Crippen molar-refractivity contribution in [2.45, 2.75) is 133 Å². The summed E-state index contributed by atoms with van der Waals surface area (Å²) in [6.07, 6.45) is -24.1. The van der Waals surface area contributed by atoms with E-state index in [1.807, 2.05) is 0 Å². The average molecular weight is 909 g/mol. The van der Waals surface area contributed by atoms with Crippen LogP contribution in [0.3, 0.4) is 0 Å². The van der Waals surface area contributed by atoms with E-state index in [0.717, 1.165) is 25.5 Å². The summed E-state index contributed by atoms with van der Waals surface area (Å²) in [6, 6.07) is 6.25. The Balaban J connectivity index is 1.45.